The van der Waals surface area contributed by atoms with Crippen molar-refractivity contribution in [2.45, 2.75) is 0 Å². The number of hydrogen-bond donors (Lipinski definition) is 1. The van der Waals surface area contributed by atoms with Crippen LogP contribution in [0.25, 0.3) is 33.7 Å². The summed E-state index contributed by atoms with van der Waals surface area (Å²) in [5, 5.41) is 9.25. The summed E-state index contributed by atoms with van der Waals surface area (Å²) in [5.74, 6) is -0.507. The molecule has 0 saturated carbocycles. The molecule has 174 valence electrons. The highest BCUT2D eigenvalue weighted by molar-refractivity contribution is 6.00. The zero-order valence-electron chi connectivity index (χ0n) is 18.9. The Bertz CT molecular complexity index is 1740. The molecule has 0 unspecified atom stereocenters. The molecular formula is C27H19N7O2. The number of carbonyl (C=O) groups is 1. The fourth-order valence-corrected chi connectivity index (χ4v) is 3.98. The predicted octanol–water partition coefficient (Wildman–Crippen LogP) is 3.82. The molecule has 0 atom stereocenters. The van der Waals surface area contributed by atoms with Crippen molar-refractivity contribution in [3.8, 4) is 22.6 Å². The first-order chi connectivity index (χ1) is 17.7. The van der Waals surface area contributed by atoms with Gasteiger partial charge in [0.25, 0.3) is 11.5 Å². The normalized spacial score (nSPS) is 11.0. The van der Waals surface area contributed by atoms with Gasteiger partial charge < -0.3 is 0 Å². The lowest BCUT2D eigenvalue weighted by Gasteiger charge is -2.10. The summed E-state index contributed by atoms with van der Waals surface area (Å²) in [4.78, 5) is 30.9. The molecule has 0 aliphatic rings. The highest BCUT2D eigenvalue weighted by atomic mass is 16.2. The minimum atomic E-state index is -0.507. The Morgan fingerprint density at radius 3 is 2.06 bits per heavy atom. The van der Waals surface area contributed by atoms with Gasteiger partial charge in [0.15, 0.2) is 5.65 Å². The van der Waals surface area contributed by atoms with E-state index in [1.165, 1.54) is 12.5 Å². The average molecular weight is 473 g/mol. The molecule has 0 bridgehead atoms. The molecule has 9 heteroatoms. The van der Waals surface area contributed by atoms with Crippen LogP contribution < -0.4 is 11.0 Å². The minimum Gasteiger partial charge on any atom is -0.267 e. The summed E-state index contributed by atoms with van der Waals surface area (Å²) in [6.07, 6.45) is 2.73. The van der Waals surface area contributed by atoms with Crippen molar-refractivity contribution in [3.63, 3.8) is 0 Å². The molecule has 3 aromatic carbocycles. The largest absolute Gasteiger partial charge is 0.288 e. The Labute approximate surface area is 204 Å². The second-order valence-electron chi connectivity index (χ2n) is 8.02. The first kappa shape index (κ1) is 21.2. The average Bonchev–Trinajstić information content (AvgIpc) is 3.58. The molecular weight excluding hydrogens is 454 g/mol. The van der Waals surface area contributed by atoms with Crippen LogP contribution in [0.15, 0.2) is 114 Å². The van der Waals surface area contributed by atoms with E-state index in [1.54, 1.807) is 15.4 Å². The van der Waals surface area contributed by atoms with Crippen LogP contribution in [-0.4, -0.2) is 35.1 Å². The zero-order chi connectivity index (χ0) is 24.5. The number of nitrogens with one attached hydrogen (secondary N) is 1. The minimum absolute atomic E-state index is 0.270. The molecule has 3 aromatic heterocycles. The van der Waals surface area contributed by atoms with Crippen molar-refractivity contribution in [1.82, 2.24) is 29.2 Å². The van der Waals surface area contributed by atoms with Crippen LogP contribution in [0.2, 0.25) is 0 Å². The summed E-state index contributed by atoms with van der Waals surface area (Å²) >= 11 is 0. The summed E-state index contributed by atoms with van der Waals surface area (Å²) in [6.45, 7) is 0. The van der Waals surface area contributed by atoms with E-state index in [4.69, 9.17) is 0 Å². The first-order valence-electron chi connectivity index (χ1n) is 11.2. The second-order valence-corrected chi connectivity index (χ2v) is 8.02. The van der Waals surface area contributed by atoms with E-state index in [9.17, 15) is 9.59 Å². The molecule has 0 spiro atoms. The molecule has 1 amide bonds. The highest BCUT2D eigenvalue weighted by Crippen LogP contribution is 2.22. The first-order valence-corrected chi connectivity index (χ1v) is 11.2. The smallest absolute Gasteiger partial charge is 0.267 e. The summed E-state index contributed by atoms with van der Waals surface area (Å²) in [5.41, 5.74) is 5.88. The molecule has 3 heterocycles. The number of amides is 1. The number of hydrogen-bond acceptors (Lipinski definition) is 5. The maximum Gasteiger partial charge on any atom is 0.288 e. The van der Waals surface area contributed by atoms with Crippen LogP contribution in [0.3, 0.4) is 0 Å². The molecule has 0 radical (unpaired) electrons. The molecule has 1 N–H and O–H groups in total. The quantitative estimate of drug-likeness (QED) is 0.410. The molecule has 6 aromatic rings. The molecule has 0 aliphatic heterocycles. The number of benzene rings is 3. The number of fused-ring (bicyclic) bond motifs is 1. The Morgan fingerprint density at radius 1 is 0.778 bits per heavy atom. The lowest BCUT2D eigenvalue weighted by molar-refractivity contribution is 0.0999. The molecule has 9 nitrogen and oxygen atoms in total. The predicted molar refractivity (Wildman–Crippen MR) is 136 cm³/mol. The van der Waals surface area contributed by atoms with Gasteiger partial charge in [-0.2, -0.15) is 10.2 Å². The lowest BCUT2D eigenvalue weighted by Crippen LogP contribution is -2.34. The molecule has 0 fully saturated rings. The number of rotatable bonds is 5. The third-order valence-corrected chi connectivity index (χ3v) is 5.72. The van der Waals surface area contributed by atoms with E-state index in [-0.39, 0.29) is 11.1 Å². The number of carbonyl (C=O) groups excluding carboxylic acids is 1. The van der Waals surface area contributed by atoms with Crippen LogP contribution in [0.5, 0.6) is 0 Å². The van der Waals surface area contributed by atoms with E-state index in [1.807, 2.05) is 91.0 Å². The van der Waals surface area contributed by atoms with Crippen molar-refractivity contribution in [2.24, 2.45) is 0 Å². The summed E-state index contributed by atoms with van der Waals surface area (Å²) in [6, 6.07) is 30.0. The molecule has 6 rings (SSSR count). The van der Waals surface area contributed by atoms with Crippen molar-refractivity contribution in [3.05, 3.63) is 126 Å². The molecule has 0 saturated heterocycles. The SMILES string of the molecule is O=C(Nn1cnc2c(cnn2-c2ccccc2)c1=O)c1cc(-c2ccccc2)nn1-c1ccccc1. The van der Waals surface area contributed by atoms with Crippen molar-refractivity contribution < 1.29 is 4.79 Å². The fraction of sp³-hybridized carbons (Fsp3) is 0. The number of aromatic nitrogens is 6. The van der Waals surface area contributed by atoms with E-state index in [0.717, 1.165) is 21.6 Å². The Balaban J connectivity index is 1.38. The standard InChI is InChI=1S/C27H19N7O2/c35-26(24-16-23(19-10-4-1-5-11-19)30-33(24)20-12-6-2-7-13-20)31-32-18-28-25-22(27(32)36)17-29-34(25)21-14-8-3-9-15-21/h1-18H,(H,31,35). The third-order valence-electron chi connectivity index (χ3n) is 5.72. The van der Waals surface area contributed by atoms with Crippen LogP contribution in [-0.2, 0) is 0 Å². The Kier molecular flexibility index (Phi) is 5.19. The third kappa shape index (κ3) is 3.74. The van der Waals surface area contributed by atoms with Crippen LogP contribution >= 0.6 is 0 Å². The van der Waals surface area contributed by atoms with Crippen LogP contribution in [0.4, 0.5) is 0 Å². The maximum absolute atomic E-state index is 13.4. The molecule has 0 aliphatic carbocycles. The van der Waals surface area contributed by atoms with Gasteiger partial charge in [0.2, 0.25) is 0 Å². The van der Waals surface area contributed by atoms with Crippen molar-refractivity contribution >= 4 is 16.9 Å². The topological polar surface area (TPSA) is 99.6 Å². The van der Waals surface area contributed by atoms with E-state index in [2.05, 4.69) is 20.6 Å². The van der Waals surface area contributed by atoms with Gasteiger partial charge in [-0.15, -0.1) is 0 Å². The van der Waals surface area contributed by atoms with Crippen LogP contribution in [0.1, 0.15) is 10.5 Å². The summed E-state index contributed by atoms with van der Waals surface area (Å²) in [7, 11) is 0. The van der Waals surface area contributed by atoms with Crippen molar-refractivity contribution in [2.75, 3.05) is 5.43 Å². The van der Waals surface area contributed by atoms with Crippen LogP contribution in [0, 0.1) is 0 Å². The van der Waals surface area contributed by atoms with E-state index in [0.29, 0.717) is 11.3 Å². The summed E-state index contributed by atoms with van der Waals surface area (Å²) < 4.78 is 4.20. The van der Waals surface area contributed by atoms with Gasteiger partial charge in [0.05, 0.1) is 23.3 Å². The van der Waals surface area contributed by atoms with Gasteiger partial charge in [-0.25, -0.2) is 19.0 Å². The fourth-order valence-electron chi connectivity index (χ4n) is 3.98. The van der Waals surface area contributed by atoms with E-state index < -0.39 is 11.5 Å². The zero-order valence-corrected chi connectivity index (χ0v) is 18.9. The monoisotopic (exact) mass is 473 g/mol. The number of nitrogens with zero attached hydrogens (tertiary/aromatic N) is 6. The van der Waals surface area contributed by atoms with Gasteiger partial charge in [0.1, 0.15) is 17.4 Å². The van der Waals surface area contributed by atoms with Gasteiger partial charge in [0, 0.05) is 5.56 Å². The molecule has 36 heavy (non-hydrogen) atoms. The second kappa shape index (κ2) is 8.80. The number of para-hydroxylation sites is 2. The Morgan fingerprint density at radius 2 is 1.39 bits per heavy atom. The lowest BCUT2D eigenvalue weighted by atomic mass is 10.1. The highest BCUT2D eigenvalue weighted by Gasteiger charge is 2.19. The van der Waals surface area contributed by atoms with E-state index >= 15 is 0 Å². The maximum atomic E-state index is 13.4. The van der Waals surface area contributed by atoms with Gasteiger partial charge in [-0.05, 0) is 30.3 Å². The van der Waals surface area contributed by atoms with Gasteiger partial charge in [-0.1, -0.05) is 66.7 Å². The van der Waals surface area contributed by atoms with Crippen molar-refractivity contribution in [1.29, 1.82) is 0 Å². The Hall–Kier alpha value is -5.31. The van der Waals surface area contributed by atoms with Gasteiger partial charge >= 0.3 is 0 Å². The van der Waals surface area contributed by atoms with Gasteiger partial charge in [-0.3, -0.25) is 15.0 Å².